The summed E-state index contributed by atoms with van der Waals surface area (Å²) in [7, 11) is 1.68. The summed E-state index contributed by atoms with van der Waals surface area (Å²) in [5, 5.41) is 21.5. The van der Waals surface area contributed by atoms with Crippen LogP contribution in [-0.4, -0.2) is 48.5 Å². The van der Waals surface area contributed by atoms with Crippen LogP contribution >= 0.6 is 11.8 Å². The molecular formula is C22H20FN5O3S. The van der Waals surface area contributed by atoms with E-state index in [4.69, 9.17) is 0 Å². The summed E-state index contributed by atoms with van der Waals surface area (Å²) in [6.45, 7) is 0. The molecule has 4 rings (SSSR count). The van der Waals surface area contributed by atoms with E-state index in [0.717, 1.165) is 28.2 Å². The highest BCUT2D eigenvalue weighted by molar-refractivity contribution is 7.99. The number of thioether (sulfide) groups is 1. The lowest BCUT2D eigenvalue weighted by Gasteiger charge is -2.14. The van der Waals surface area contributed by atoms with Gasteiger partial charge in [0, 0.05) is 30.6 Å². The number of carboxylic acid groups (broad SMARTS) is 1. The van der Waals surface area contributed by atoms with E-state index in [1.54, 1.807) is 36.0 Å². The van der Waals surface area contributed by atoms with Gasteiger partial charge in [0.25, 0.3) is 0 Å². The van der Waals surface area contributed by atoms with Gasteiger partial charge in [-0.25, -0.2) is 9.18 Å². The Balaban J connectivity index is 1.40. The maximum absolute atomic E-state index is 14.0. The van der Waals surface area contributed by atoms with Crippen LogP contribution in [0.3, 0.4) is 0 Å². The fraction of sp³-hybridized carbons (Fsp3) is 0.182. The van der Waals surface area contributed by atoms with Crippen LogP contribution < -0.4 is 5.32 Å². The van der Waals surface area contributed by atoms with Gasteiger partial charge in [-0.1, -0.05) is 42.1 Å². The number of halogens is 1. The molecule has 0 radical (unpaired) electrons. The second kappa shape index (κ2) is 9.23. The first-order chi connectivity index (χ1) is 15.4. The van der Waals surface area contributed by atoms with Crippen molar-refractivity contribution in [2.75, 3.05) is 5.75 Å². The molecule has 0 bridgehead atoms. The van der Waals surface area contributed by atoms with Crippen molar-refractivity contribution in [1.82, 2.24) is 25.1 Å². The molecule has 0 spiro atoms. The summed E-state index contributed by atoms with van der Waals surface area (Å²) in [6.07, 6.45) is 1.91. The van der Waals surface area contributed by atoms with Gasteiger partial charge in [-0.05, 0) is 23.8 Å². The molecule has 0 aliphatic heterocycles. The van der Waals surface area contributed by atoms with Gasteiger partial charge in [0.2, 0.25) is 5.91 Å². The molecule has 2 aromatic heterocycles. The fourth-order valence-corrected chi connectivity index (χ4v) is 4.13. The van der Waals surface area contributed by atoms with Crippen molar-refractivity contribution >= 4 is 34.5 Å². The molecule has 1 atom stereocenters. The topological polar surface area (TPSA) is 113 Å². The number of aromatic amines is 1. The van der Waals surface area contributed by atoms with E-state index < -0.39 is 23.7 Å². The third-order valence-corrected chi connectivity index (χ3v) is 6.03. The van der Waals surface area contributed by atoms with E-state index in [9.17, 15) is 19.1 Å². The second-order valence-corrected chi connectivity index (χ2v) is 8.10. The Kier molecular flexibility index (Phi) is 6.22. The Hall–Kier alpha value is -3.66. The highest BCUT2D eigenvalue weighted by Crippen LogP contribution is 2.24. The second-order valence-electron chi connectivity index (χ2n) is 7.16. The molecule has 164 valence electrons. The normalized spacial score (nSPS) is 12.1. The Morgan fingerprint density at radius 2 is 1.94 bits per heavy atom. The molecule has 3 N–H and O–H groups in total. The molecule has 0 saturated carbocycles. The molecule has 10 heteroatoms. The number of aliphatic carboxylic acids is 1. The molecule has 1 amide bonds. The summed E-state index contributed by atoms with van der Waals surface area (Å²) < 4.78 is 15.6. The molecule has 4 aromatic rings. The number of rotatable bonds is 8. The maximum Gasteiger partial charge on any atom is 0.326 e. The number of fused-ring (bicyclic) bond motifs is 1. The molecule has 2 heterocycles. The van der Waals surface area contributed by atoms with E-state index in [0.29, 0.717) is 16.5 Å². The zero-order valence-electron chi connectivity index (χ0n) is 17.1. The first-order valence-corrected chi connectivity index (χ1v) is 10.8. The minimum absolute atomic E-state index is 0.0547. The van der Waals surface area contributed by atoms with Crippen molar-refractivity contribution < 1.29 is 19.1 Å². The predicted molar refractivity (Wildman–Crippen MR) is 119 cm³/mol. The van der Waals surface area contributed by atoms with Gasteiger partial charge < -0.3 is 20.0 Å². The van der Waals surface area contributed by atoms with Crippen LogP contribution in [0.1, 0.15) is 5.56 Å². The van der Waals surface area contributed by atoms with Crippen molar-refractivity contribution in [1.29, 1.82) is 0 Å². The Labute approximate surface area is 186 Å². The monoisotopic (exact) mass is 453 g/mol. The number of carbonyl (C=O) groups excluding carboxylic acids is 1. The number of para-hydroxylation sites is 1. The number of aromatic nitrogens is 4. The third kappa shape index (κ3) is 4.50. The summed E-state index contributed by atoms with van der Waals surface area (Å²) in [5.41, 5.74) is 2.02. The van der Waals surface area contributed by atoms with Crippen molar-refractivity contribution in [3.8, 4) is 11.4 Å². The quantitative estimate of drug-likeness (QED) is 0.354. The molecule has 1 unspecified atom stereocenters. The fourth-order valence-electron chi connectivity index (χ4n) is 3.40. The van der Waals surface area contributed by atoms with Crippen molar-refractivity contribution in [2.24, 2.45) is 7.05 Å². The number of carboxylic acids is 1. The lowest BCUT2D eigenvalue weighted by atomic mass is 10.1. The van der Waals surface area contributed by atoms with E-state index in [1.165, 1.54) is 6.07 Å². The summed E-state index contributed by atoms with van der Waals surface area (Å²) in [6, 6.07) is 12.7. The van der Waals surface area contributed by atoms with Gasteiger partial charge >= 0.3 is 5.97 Å². The largest absolute Gasteiger partial charge is 0.480 e. The number of hydrogen-bond donors (Lipinski definition) is 3. The first kappa shape index (κ1) is 21.6. The van der Waals surface area contributed by atoms with Gasteiger partial charge in [0.05, 0.1) is 11.3 Å². The molecular weight excluding hydrogens is 433 g/mol. The number of H-pyrrole nitrogens is 1. The van der Waals surface area contributed by atoms with Crippen LogP contribution in [-0.2, 0) is 23.1 Å². The Morgan fingerprint density at radius 1 is 1.19 bits per heavy atom. The van der Waals surface area contributed by atoms with Crippen LogP contribution in [0, 0.1) is 5.82 Å². The lowest BCUT2D eigenvalue weighted by molar-refractivity contribution is -0.141. The minimum atomic E-state index is -1.12. The summed E-state index contributed by atoms with van der Waals surface area (Å²) in [5.74, 6) is -1.69. The average Bonchev–Trinajstić information content (AvgIpc) is 3.35. The molecule has 2 aromatic carbocycles. The predicted octanol–water partition coefficient (Wildman–Crippen LogP) is 3.01. The Bertz CT molecular complexity index is 1290. The number of nitrogens with one attached hydrogen (secondary N) is 2. The average molecular weight is 453 g/mol. The van der Waals surface area contributed by atoms with Crippen LogP contribution in [0.5, 0.6) is 0 Å². The van der Waals surface area contributed by atoms with Crippen molar-refractivity contribution in [2.45, 2.75) is 17.6 Å². The molecule has 0 saturated heterocycles. The summed E-state index contributed by atoms with van der Waals surface area (Å²) in [4.78, 5) is 27.3. The standard InChI is InChI=1S/C22H20FN5O3S/c1-28-20(15-7-2-4-8-16(15)23)26-27-22(28)32-12-19(29)25-18(21(30)31)10-13-11-24-17-9-5-3-6-14(13)17/h2-9,11,18,24H,10,12H2,1H3,(H,25,29)(H,30,31). The highest BCUT2D eigenvalue weighted by Gasteiger charge is 2.23. The lowest BCUT2D eigenvalue weighted by Crippen LogP contribution is -2.43. The van der Waals surface area contributed by atoms with Crippen molar-refractivity contribution in [3.63, 3.8) is 0 Å². The van der Waals surface area contributed by atoms with Gasteiger partial charge in [-0.2, -0.15) is 0 Å². The highest BCUT2D eigenvalue weighted by atomic mass is 32.2. The number of amides is 1. The molecule has 32 heavy (non-hydrogen) atoms. The molecule has 8 nitrogen and oxygen atoms in total. The van der Waals surface area contributed by atoms with E-state index >= 15 is 0 Å². The van der Waals surface area contributed by atoms with E-state index in [1.807, 2.05) is 24.3 Å². The van der Waals surface area contributed by atoms with Crippen molar-refractivity contribution in [3.05, 3.63) is 66.1 Å². The van der Waals surface area contributed by atoms with E-state index in [2.05, 4.69) is 20.5 Å². The molecule has 0 fully saturated rings. The van der Waals surface area contributed by atoms with Crippen LogP contribution in [0.25, 0.3) is 22.3 Å². The third-order valence-electron chi connectivity index (χ3n) is 5.01. The first-order valence-electron chi connectivity index (χ1n) is 9.78. The zero-order chi connectivity index (χ0) is 22.7. The minimum Gasteiger partial charge on any atom is -0.480 e. The van der Waals surface area contributed by atoms with E-state index in [-0.39, 0.29) is 12.2 Å². The van der Waals surface area contributed by atoms with Gasteiger partial charge in [-0.3, -0.25) is 4.79 Å². The number of benzene rings is 2. The zero-order valence-corrected chi connectivity index (χ0v) is 17.9. The number of hydrogen-bond acceptors (Lipinski definition) is 5. The Morgan fingerprint density at radius 3 is 2.72 bits per heavy atom. The summed E-state index contributed by atoms with van der Waals surface area (Å²) >= 11 is 1.10. The number of nitrogens with zero attached hydrogens (tertiary/aromatic N) is 3. The molecule has 0 aliphatic carbocycles. The smallest absolute Gasteiger partial charge is 0.326 e. The van der Waals surface area contributed by atoms with Gasteiger partial charge in [0.15, 0.2) is 11.0 Å². The van der Waals surface area contributed by atoms with Crippen LogP contribution in [0.4, 0.5) is 4.39 Å². The van der Waals surface area contributed by atoms with Crippen LogP contribution in [0.15, 0.2) is 59.9 Å². The number of carbonyl (C=O) groups is 2. The molecule has 0 aliphatic rings. The SMILES string of the molecule is Cn1c(SCC(=O)NC(Cc2c[nH]c3ccccc23)C(=O)O)nnc1-c1ccccc1F. The van der Waals surface area contributed by atoms with Crippen LogP contribution in [0.2, 0.25) is 0 Å². The van der Waals surface area contributed by atoms with Gasteiger partial charge in [0.1, 0.15) is 11.9 Å². The maximum atomic E-state index is 14.0. The van der Waals surface area contributed by atoms with Gasteiger partial charge in [-0.15, -0.1) is 10.2 Å².